The first kappa shape index (κ1) is 15.7. The molecule has 21 heavy (non-hydrogen) atoms. The summed E-state index contributed by atoms with van der Waals surface area (Å²) >= 11 is 1.53. The van der Waals surface area contributed by atoms with Gasteiger partial charge in [-0.1, -0.05) is 19.1 Å². The van der Waals surface area contributed by atoms with Crippen LogP contribution in [-0.2, 0) is 29.0 Å². The SMILES string of the molecule is CCc1ccc(NC(=O)Cc2sc(COC)nc2C)cc1. The van der Waals surface area contributed by atoms with Crippen molar-refractivity contribution in [3.63, 3.8) is 0 Å². The Morgan fingerprint density at radius 1 is 1.33 bits per heavy atom. The van der Waals surface area contributed by atoms with Crippen LogP contribution in [0.2, 0.25) is 0 Å². The zero-order valence-electron chi connectivity index (χ0n) is 12.6. The van der Waals surface area contributed by atoms with E-state index < -0.39 is 0 Å². The molecule has 1 aromatic heterocycles. The summed E-state index contributed by atoms with van der Waals surface area (Å²) in [5, 5.41) is 3.83. The normalized spacial score (nSPS) is 10.6. The molecule has 0 atom stereocenters. The Morgan fingerprint density at radius 3 is 2.67 bits per heavy atom. The number of hydrogen-bond donors (Lipinski definition) is 1. The van der Waals surface area contributed by atoms with Crippen molar-refractivity contribution in [3.05, 3.63) is 45.4 Å². The summed E-state index contributed by atoms with van der Waals surface area (Å²) in [7, 11) is 1.64. The van der Waals surface area contributed by atoms with Crippen molar-refractivity contribution in [3.8, 4) is 0 Å². The maximum absolute atomic E-state index is 12.1. The predicted molar refractivity (Wildman–Crippen MR) is 85.7 cm³/mol. The second-order valence-electron chi connectivity index (χ2n) is 4.82. The Morgan fingerprint density at radius 2 is 2.05 bits per heavy atom. The fourth-order valence-electron chi connectivity index (χ4n) is 2.01. The highest BCUT2D eigenvalue weighted by molar-refractivity contribution is 7.11. The second-order valence-corrected chi connectivity index (χ2v) is 5.99. The molecule has 0 bridgehead atoms. The van der Waals surface area contributed by atoms with Crippen LogP contribution in [0.1, 0.15) is 28.1 Å². The molecule has 0 saturated heterocycles. The fraction of sp³-hybridized carbons (Fsp3) is 0.375. The number of methoxy groups -OCH3 is 1. The van der Waals surface area contributed by atoms with Gasteiger partial charge in [0.1, 0.15) is 5.01 Å². The average Bonchev–Trinajstić information content (AvgIpc) is 2.80. The average molecular weight is 304 g/mol. The monoisotopic (exact) mass is 304 g/mol. The molecule has 2 rings (SSSR count). The number of anilines is 1. The molecular weight excluding hydrogens is 284 g/mol. The summed E-state index contributed by atoms with van der Waals surface area (Å²) in [6.45, 7) is 4.53. The number of amides is 1. The minimum absolute atomic E-state index is 0.0186. The third-order valence-electron chi connectivity index (χ3n) is 3.17. The minimum atomic E-state index is -0.0186. The largest absolute Gasteiger partial charge is 0.378 e. The quantitative estimate of drug-likeness (QED) is 0.890. The maximum atomic E-state index is 12.1. The van der Waals surface area contributed by atoms with Gasteiger partial charge in [-0.05, 0) is 31.0 Å². The van der Waals surface area contributed by atoms with Crippen molar-refractivity contribution in [1.29, 1.82) is 0 Å². The molecule has 2 aromatic rings. The molecule has 1 amide bonds. The van der Waals surface area contributed by atoms with E-state index in [0.717, 1.165) is 27.7 Å². The van der Waals surface area contributed by atoms with Crippen molar-refractivity contribution in [2.75, 3.05) is 12.4 Å². The first-order chi connectivity index (χ1) is 10.1. The van der Waals surface area contributed by atoms with Crippen LogP contribution in [0.25, 0.3) is 0 Å². The molecular formula is C16H20N2O2S. The van der Waals surface area contributed by atoms with E-state index in [-0.39, 0.29) is 5.91 Å². The van der Waals surface area contributed by atoms with Crippen molar-refractivity contribution < 1.29 is 9.53 Å². The van der Waals surface area contributed by atoms with Gasteiger partial charge in [-0.25, -0.2) is 4.98 Å². The predicted octanol–water partition coefficient (Wildman–Crippen LogP) is 3.34. The smallest absolute Gasteiger partial charge is 0.229 e. The van der Waals surface area contributed by atoms with Crippen molar-refractivity contribution in [2.45, 2.75) is 33.3 Å². The topological polar surface area (TPSA) is 51.2 Å². The van der Waals surface area contributed by atoms with Gasteiger partial charge in [0.25, 0.3) is 0 Å². The minimum Gasteiger partial charge on any atom is -0.378 e. The van der Waals surface area contributed by atoms with E-state index in [2.05, 4.69) is 17.2 Å². The highest BCUT2D eigenvalue weighted by atomic mass is 32.1. The number of carbonyl (C=O) groups is 1. The Labute approximate surface area is 129 Å². The van der Waals surface area contributed by atoms with E-state index in [1.54, 1.807) is 7.11 Å². The lowest BCUT2D eigenvalue weighted by atomic mass is 10.1. The molecule has 0 aliphatic carbocycles. The molecule has 0 spiro atoms. The molecule has 4 nitrogen and oxygen atoms in total. The molecule has 0 radical (unpaired) electrons. The van der Waals surface area contributed by atoms with Gasteiger partial charge in [-0.3, -0.25) is 4.79 Å². The van der Waals surface area contributed by atoms with Gasteiger partial charge >= 0.3 is 0 Å². The summed E-state index contributed by atoms with van der Waals surface area (Å²) in [6.07, 6.45) is 1.35. The zero-order valence-corrected chi connectivity index (χ0v) is 13.4. The number of thiazole rings is 1. The van der Waals surface area contributed by atoms with Gasteiger partial charge in [-0.15, -0.1) is 11.3 Å². The van der Waals surface area contributed by atoms with Crippen molar-refractivity contribution in [2.24, 2.45) is 0 Å². The van der Waals surface area contributed by atoms with E-state index in [1.807, 2.05) is 31.2 Å². The van der Waals surface area contributed by atoms with E-state index in [9.17, 15) is 4.79 Å². The van der Waals surface area contributed by atoms with E-state index in [0.29, 0.717) is 13.0 Å². The van der Waals surface area contributed by atoms with Gasteiger partial charge in [-0.2, -0.15) is 0 Å². The number of carbonyl (C=O) groups excluding carboxylic acids is 1. The molecule has 0 aliphatic rings. The molecule has 1 heterocycles. The van der Waals surface area contributed by atoms with Crippen LogP contribution < -0.4 is 5.32 Å². The maximum Gasteiger partial charge on any atom is 0.229 e. The lowest BCUT2D eigenvalue weighted by Crippen LogP contribution is -2.14. The number of aromatic nitrogens is 1. The number of nitrogens with one attached hydrogen (secondary N) is 1. The van der Waals surface area contributed by atoms with Gasteiger partial charge < -0.3 is 10.1 Å². The highest BCUT2D eigenvalue weighted by Gasteiger charge is 2.12. The Bertz CT molecular complexity index is 605. The molecule has 5 heteroatoms. The van der Waals surface area contributed by atoms with Crippen molar-refractivity contribution in [1.82, 2.24) is 4.98 Å². The summed E-state index contributed by atoms with van der Waals surface area (Å²) in [5.41, 5.74) is 3.00. The Kier molecular flexibility index (Phi) is 5.47. The summed E-state index contributed by atoms with van der Waals surface area (Å²) in [6, 6.07) is 7.94. The lowest BCUT2D eigenvalue weighted by molar-refractivity contribution is -0.115. The Hall–Kier alpha value is -1.72. The van der Waals surface area contributed by atoms with Crippen molar-refractivity contribution >= 4 is 22.9 Å². The van der Waals surface area contributed by atoms with Crippen LogP contribution in [0, 0.1) is 6.92 Å². The molecule has 0 unspecified atom stereocenters. The highest BCUT2D eigenvalue weighted by Crippen LogP contribution is 2.20. The molecule has 0 saturated carbocycles. The third kappa shape index (κ3) is 4.37. The standard InChI is InChI=1S/C16H20N2O2S/c1-4-12-5-7-13(8-6-12)18-15(19)9-14-11(2)17-16(21-14)10-20-3/h5-8H,4,9-10H2,1-3H3,(H,18,19). The van der Waals surface area contributed by atoms with Crippen LogP contribution in [-0.4, -0.2) is 18.0 Å². The summed E-state index contributed by atoms with van der Waals surface area (Å²) in [4.78, 5) is 17.5. The first-order valence-corrected chi connectivity index (χ1v) is 7.77. The van der Waals surface area contributed by atoms with Gasteiger partial charge in [0.15, 0.2) is 0 Å². The molecule has 0 aliphatic heterocycles. The molecule has 1 aromatic carbocycles. The Balaban J connectivity index is 1.97. The zero-order chi connectivity index (χ0) is 15.2. The van der Waals surface area contributed by atoms with E-state index >= 15 is 0 Å². The number of rotatable bonds is 6. The van der Waals surface area contributed by atoms with Gasteiger partial charge in [0.05, 0.1) is 18.7 Å². The number of benzene rings is 1. The molecule has 112 valence electrons. The van der Waals surface area contributed by atoms with Crippen LogP contribution >= 0.6 is 11.3 Å². The number of nitrogens with zero attached hydrogens (tertiary/aromatic N) is 1. The first-order valence-electron chi connectivity index (χ1n) is 6.95. The van der Waals surface area contributed by atoms with Gasteiger partial charge in [0.2, 0.25) is 5.91 Å². The van der Waals surface area contributed by atoms with Crippen LogP contribution in [0.4, 0.5) is 5.69 Å². The summed E-state index contributed by atoms with van der Waals surface area (Å²) < 4.78 is 5.07. The second kappa shape index (κ2) is 7.33. The van der Waals surface area contributed by atoms with E-state index in [1.165, 1.54) is 16.9 Å². The van der Waals surface area contributed by atoms with Crippen LogP contribution in [0.15, 0.2) is 24.3 Å². The number of hydrogen-bond acceptors (Lipinski definition) is 4. The molecule has 0 fully saturated rings. The lowest BCUT2D eigenvalue weighted by Gasteiger charge is -2.05. The van der Waals surface area contributed by atoms with Gasteiger partial charge in [0, 0.05) is 17.7 Å². The third-order valence-corrected chi connectivity index (χ3v) is 4.30. The fourth-order valence-corrected chi connectivity index (χ4v) is 3.05. The molecule has 1 N–H and O–H groups in total. The number of aryl methyl sites for hydroxylation is 2. The van der Waals surface area contributed by atoms with E-state index in [4.69, 9.17) is 4.74 Å². The number of ether oxygens (including phenoxy) is 1. The van der Waals surface area contributed by atoms with Crippen LogP contribution in [0.3, 0.4) is 0 Å². The van der Waals surface area contributed by atoms with Crippen LogP contribution in [0.5, 0.6) is 0 Å². The summed E-state index contributed by atoms with van der Waals surface area (Å²) in [5.74, 6) is -0.0186.